The van der Waals surface area contributed by atoms with Crippen LogP contribution in [0, 0.1) is 11.8 Å². The summed E-state index contributed by atoms with van der Waals surface area (Å²) in [6.45, 7) is 11.7. The summed E-state index contributed by atoms with van der Waals surface area (Å²) in [5.41, 5.74) is 0. The zero-order valence-corrected chi connectivity index (χ0v) is 11.3. The second kappa shape index (κ2) is 5.67. The van der Waals surface area contributed by atoms with Crippen LogP contribution in [-0.4, -0.2) is 29.6 Å². The summed E-state index contributed by atoms with van der Waals surface area (Å²) in [5.74, 6) is 1.52. The van der Waals surface area contributed by atoms with Gasteiger partial charge in [-0.25, -0.2) is 0 Å². The van der Waals surface area contributed by atoms with Crippen LogP contribution < -0.4 is 5.32 Å². The van der Waals surface area contributed by atoms with Crippen molar-refractivity contribution in [2.24, 2.45) is 11.8 Å². The Morgan fingerprint density at radius 1 is 1.25 bits per heavy atom. The van der Waals surface area contributed by atoms with E-state index in [-0.39, 0.29) is 12.2 Å². The number of nitrogens with one attached hydrogen (secondary N) is 1. The van der Waals surface area contributed by atoms with Gasteiger partial charge in [0.15, 0.2) is 0 Å². The van der Waals surface area contributed by atoms with Gasteiger partial charge >= 0.3 is 0 Å². The molecule has 3 heteroatoms. The fourth-order valence-corrected chi connectivity index (χ4v) is 2.18. The normalized spacial score (nSPS) is 26.2. The van der Waals surface area contributed by atoms with E-state index in [0.717, 1.165) is 19.4 Å². The Bertz CT molecular complexity index is 238. The molecule has 1 fully saturated rings. The molecule has 1 aliphatic heterocycles. The summed E-state index contributed by atoms with van der Waals surface area (Å²) < 4.78 is 0. The molecule has 0 aromatic carbocycles. The molecule has 0 aromatic rings. The maximum Gasteiger partial charge on any atom is 0.241 e. The maximum absolute atomic E-state index is 12.1. The predicted molar refractivity (Wildman–Crippen MR) is 67.0 cm³/mol. The first-order valence-corrected chi connectivity index (χ1v) is 6.48. The standard InChI is InChI=1S/C13H26N2O/c1-9(2)6-7-15-11(5)14-12(13(15)16)8-10(3)4/h9-12,14H,6-8H2,1-5H3. The van der Waals surface area contributed by atoms with Gasteiger partial charge in [-0.15, -0.1) is 0 Å². The molecule has 0 bridgehead atoms. The van der Waals surface area contributed by atoms with Crippen LogP contribution in [0.15, 0.2) is 0 Å². The molecular weight excluding hydrogens is 200 g/mol. The quantitative estimate of drug-likeness (QED) is 0.779. The van der Waals surface area contributed by atoms with Gasteiger partial charge in [0, 0.05) is 6.54 Å². The van der Waals surface area contributed by atoms with Gasteiger partial charge in [0.05, 0.1) is 12.2 Å². The third-order valence-corrected chi connectivity index (χ3v) is 3.15. The SMILES string of the molecule is CC(C)CCN1C(=O)C(CC(C)C)NC1C. The molecule has 0 aromatic heterocycles. The highest BCUT2D eigenvalue weighted by molar-refractivity contribution is 5.84. The first-order chi connectivity index (χ1) is 7.41. The Hall–Kier alpha value is -0.570. The number of amides is 1. The molecule has 2 atom stereocenters. The molecule has 1 aliphatic rings. The Labute approximate surface area is 99.6 Å². The second-order valence-corrected chi connectivity index (χ2v) is 5.74. The Morgan fingerprint density at radius 3 is 2.38 bits per heavy atom. The van der Waals surface area contributed by atoms with Crippen molar-refractivity contribution in [1.29, 1.82) is 0 Å². The van der Waals surface area contributed by atoms with E-state index in [2.05, 4.69) is 39.9 Å². The Kier molecular flexibility index (Phi) is 4.78. The first-order valence-electron chi connectivity index (χ1n) is 6.48. The summed E-state index contributed by atoms with van der Waals surface area (Å²) in [5, 5.41) is 3.39. The van der Waals surface area contributed by atoms with Crippen molar-refractivity contribution in [3.63, 3.8) is 0 Å². The van der Waals surface area contributed by atoms with E-state index in [4.69, 9.17) is 0 Å². The van der Waals surface area contributed by atoms with E-state index in [0.29, 0.717) is 17.7 Å². The smallest absolute Gasteiger partial charge is 0.241 e. The highest BCUT2D eigenvalue weighted by Gasteiger charge is 2.35. The van der Waals surface area contributed by atoms with Gasteiger partial charge in [0.2, 0.25) is 5.91 Å². The molecule has 0 spiro atoms. The summed E-state index contributed by atoms with van der Waals surface area (Å²) in [6.07, 6.45) is 2.24. The zero-order valence-electron chi connectivity index (χ0n) is 11.3. The number of hydrogen-bond acceptors (Lipinski definition) is 2. The fraction of sp³-hybridized carbons (Fsp3) is 0.923. The topological polar surface area (TPSA) is 32.3 Å². The minimum Gasteiger partial charge on any atom is -0.326 e. The highest BCUT2D eigenvalue weighted by Crippen LogP contribution is 2.17. The summed E-state index contributed by atoms with van der Waals surface area (Å²) in [4.78, 5) is 14.1. The molecular formula is C13H26N2O. The third kappa shape index (κ3) is 3.48. The molecule has 2 unspecified atom stereocenters. The molecule has 1 rings (SSSR count). The lowest BCUT2D eigenvalue weighted by atomic mass is 10.0. The van der Waals surface area contributed by atoms with Crippen molar-refractivity contribution in [2.75, 3.05) is 6.54 Å². The van der Waals surface area contributed by atoms with Crippen LogP contribution in [0.3, 0.4) is 0 Å². The highest BCUT2D eigenvalue weighted by atomic mass is 16.2. The second-order valence-electron chi connectivity index (χ2n) is 5.74. The largest absolute Gasteiger partial charge is 0.326 e. The van der Waals surface area contributed by atoms with Crippen LogP contribution in [0.25, 0.3) is 0 Å². The summed E-state index contributed by atoms with van der Waals surface area (Å²) in [7, 11) is 0. The Balaban J connectivity index is 2.50. The van der Waals surface area contributed by atoms with Crippen molar-refractivity contribution in [3.8, 4) is 0 Å². The van der Waals surface area contributed by atoms with Crippen LogP contribution in [0.5, 0.6) is 0 Å². The fourth-order valence-electron chi connectivity index (χ4n) is 2.18. The number of carbonyl (C=O) groups excluding carboxylic acids is 1. The van der Waals surface area contributed by atoms with E-state index < -0.39 is 0 Å². The zero-order chi connectivity index (χ0) is 12.3. The minimum absolute atomic E-state index is 0.0437. The van der Waals surface area contributed by atoms with Gasteiger partial charge in [-0.1, -0.05) is 27.7 Å². The van der Waals surface area contributed by atoms with Crippen LogP contribution in [0.4, 0.5) is 0 Å². The molecule has 94 valence electrons. The van der Waals surface area contributed by atoms with Crippen molar-refractivity contribution in [1.82, 2.24) is 10.2 Å². The lowest BCUT2D eigenvalue weighted by molar-refractivity contribution is -0.130. The van der Waals surface area contributed by atoms with Crippen molar-refractivity contribution >= 4 is 5.91 Å². The van der Waals surface area contributed by atoms with Gasteiger partial charge in [0.25, 0.3) is 0 Å². The van der Waals surface area contributed by atoms with E-state index >= 15 is 0 Å². The van der Waals surface area contributed by atoms with Crippen molar-refractivity contribution in [3.05, 3.63) is 0 Å². The van der Waals surface area contributed by atoms with Crippen LogP contribution in [-0.2, 0) is 4.79 Å². The average Bonchev–Trinajstić information content (AvgIpc) is 2.39. The van der Waals surface area contributed by atoms with Gasteiger partial charge in [0.1, 0.15) is 0 Å². The Morgan fingerprint density at radius 2 is 1.88 bits per heavy atom. The maximum atomic E-state index is 12.1. The van der Waals surface area contributed by atoms with E-state index in [1.165, 1.54) is 0 Å². The molecule has 1 N–H and O–H groups in total. The molecule has 0 aliphatic carbocycles. The first kappa shape index (κ1) is 13.5. The minimum atomic E-state index is 0.0437. The van der Waals surface area contributed by atoms with Gasteiger partial charge in [-0.2, -0.15) is 0 Å². The monoisotopic (exact) mass is 226 g/mol. The molecule has 1 saturated heterocycles. The molecule has 1 heterocycles. The third-order valence-electron chi connectivity index (χ3n) is 3.15. The summed E-state index contributed by atoms with van der Waals surface area (Å²) >= 11 is 0. The molecule has 16 heavy (non-hydrogen) atoms. The van der Waals surface area contributed by atoms with E-state index in [1.54, 1.807) is 0 Å². The number of carbonyl (C=O) groups is 1. The number of hydrogen-bond donors (Lipinski definition) is 1. The van der Waals surface area contributed by atoms with E-state index in [1.807, 2.05) is 4.90 Å². The van der Waals surface area contributed by atoms with Crippen molar-refractivity contribution in [2.45, 2.75) is 59.7 Å². The lowest BCUT2D eigenvalue weighted by Crippen LogP contribution is -2.35. The number of rotatable bonds is 5. The predicted octanol–water partition coefficient (Wildman–Crippen LogP) is 2.22. The number of nitrogens with zero attached hydrogens (tertiary/aromatic N) is 1. The molecule has 3 nitrogen and oxygen atoms in total. The lowest BCUT2D eigenvalue weighted by Gasteiger charge is -2.21. The molecule has 0 saturated carbocycles. The van der Waals surface area contributed by atoms with Crippen LogP contribution in [0.2, 0.25) is 0 Å². The van der Waals surface area contributed by atoms with Gasteiger partial charge < -0.3 is 4.90 Å². The molecule has 0 radical (unpaired) electrons. The van der Waals surface area contributed by atoms with Crippen LogP contribution in [0.1, 0.15) is 47.5 Å². The van der Waals surface area contributed by atoms with E-state index in [9.17, 15) is 4.79 Å². The summed E-state index contributed by atoms with van der Waals surface area (Å²) in [6, 6.07) is 0.0437. The van der Waals surface area contributed by atoms with Crippen molar-refractivity contribution < 1.29 is 4.79 Å². The van der Waals surface area contributed by atoms with Gasteiger partial charge in [-0.05, 0) is 31.6 Å². The van der Waals surface area contributed by atoms with Crippen LogP contribution >= 0.6 is 0 Å². The van der Waals surface area contributed by atoms with Gasteiger partial charge in [-0.3, -0.25) is 10.1 Å². The average molecular weight is 226 g/mol. The molecule has 1 amide bonds.